The average molecular weight is 352 g/mol. The second-order valence-corrected chi connectivity index (χ2v) is 6.73. The molecule has 0 radical (unpaired) electrons. The number of hydrogen-bond donors (Lipinski definition) is 2. The molecule has 2 rings (SSSR count). The predicted octanol–water partition coefficient (Wildman–Crippen LogP) is 2.14. The smallest absolute Gasteiger partial charge is 0.242 e. The van der Waals surface area contributed by atoms with E-state index in [1.165, 1.54) is 14.0 Å². The third kappa shape index (κ3) is 4.53. The van der Waals surface area contributed by atoms with Crippen LogP contribution in [0.25, 0.3) is 0 Å². The molecule has 128 valence electrons. The van der Waals surface area contributed by atoms with Crippen molar-refractivity contribution in [1.29, 1.82) is 0 Å². The van der Waals surface area contributed by atoms with Gasteiger partial charge in [0.1, 0.15) is 11.6 Å². The molecule has 0 aromatic heterocycles. The number of amides is 1. The molecule has 0 fully saturated rings. The molecule has 0 aliphatic carbocycles. The lowest BCUT2D eigenvalue weighted by molar-refractivity contribution is -0.117. The maximum absolute atomic E-state index is 12.9. The number of methoxy groups -OCH3 is 1. The zero-order valence-electron chi connectivity index (χ0n) is 13.1. The molecule has 1 amide bonds. The lowest BCUT2D eigenvalue weighted by atomic mass is 10.2. The molecular formula is C16H17FN2O4S. The first-order valence-electron chi connectivity index (χ1n) is 7.04. The molecule has 0 spiro atoms. The van der Waals surface area contributed by atoms with E-state index in [1.54, 1.807) is 24.3 Å². The van der Waals surface area contributed by atoms with Gasteiger partial charge in [0.2, 0.25) is 15.9 Å². The topological polar surface area (TPSA) is 84.5 Å². The fourth-order valence-corrected chi connectivity index (χ4v) is 3.12. The number of ether oxygens (including phenoxy) is 1. The molecular weight excluding hydrogens is 335 g/mol. The third-order valence-electron chi connectivity index (χ3n) is 3.19. The van der Waals surface area contributed by atoms with E-state index in [1.807, 2.05) is 0 Å². The van der Waals surface area contributed by atoms with Gasteiger partial charge in [0.15, 0.2) is 0 Å². The third-order valence-corrected chi connectivity index (χ3v) is 4.74. The largest absolute Gasteiger partial charge is 0.497 e. The minimum atomic E-state index is -3.93. The van der Waals surface area contributed by atoms with Gasteiger partial charge < -0.3 is 10.1 Å². The highest BCUT2D eigenvalue weighted by Crippen LogP contribution is 2.17. The lowest BCUT2D eigenvalue weighted by Crippen LogP contribution is -2.41. The molecule has 0 saturated heterocycles. The van der Waals surface area contributed by atoms with Crippen LogP contribution in [0.4, 0.5) is 10.1 Å². The first-order chi connectivity index (χ1) is 11.3. The van der Waals surface area contributed by atoms with Crippen LogP contribution in [0.1, 0.15) is 6.92 Å². The molecule has 0 unspecified atom stereocenters. The molecule has 1 atom stereocenters. The van der Waals surface area contributed by atoms with E-state index in [9.17, 15) is 17.6 Å². The van der Waals surface area contributed by atoms with Gasteiger partial charge in [-0.15, -0.1) is 0 Å². The molecule has 6 nitrogen and oxygen atoms in total. The lowest BCUT2D eigenvalue weighted by Gasteiger charge is -2.15. The van der Waals surface area contributed by atoms with E-state index in [0.29, 0.717) is 11.4 Å². The summed E-state index contributed by atoms with van der Waals surface area (Å²) in [4.78, 5) is 12.0. The maximum atomic E-state index is 12.9. The van der Waals surface area contributed by atoms with Gasteiger partial charge in [0.05, 0.1) is 18.0 Å². The Bertz CT molecular complexity index is 822. The first kappa shape index (κ1) is 17.9. The average Bonchev–Trinajstić information content (AvgIpc) is 2.55. The second-order valence-electron chi connectivity index (χ2n) is 5.02. The fourth-order valence-electron chi connectivity index (χ4n) is 1.92. The molecule has 2 aromatic rings. The van der Waals surface area contributed by atoms with Gasteiger partial charge in [-0.05, 0) is 43.3 Å². The van der Waals surface area contributed by atoms with Crippen molar-refractivity contribution < 1.29 is 22.3 Å². The molecule has 0 aliphatic rings. The molecule has 8 heteroatoms. The van der Waals surface area contributed by atoms with Gasteiger partial charge in [0.25, 0.3) is 0 Å². The van der Waals surface area contributed by atoms with E-state index in [4.69, 9.17) is 4.74 Å². The van der Waals surface area contributed by atoms with Crippen LogP contribution in [0, 0.1) is 5.82 Å². The highest BCUT2D eigenvalue weighted by Gasteiger charge is 2.22. The molecule has 2 aromatic carbocycles. The summed E-state index contributed by atoms with van der Waals surface area (Å²) in [6.07, 6.45) is 0. The van der Waals surface area contributed by atoms with Crippen LogP contribution in [0.3, 0.4) is 0 Å². The van der Waals surface area contributed by atoms with Gasteiger partial charge in [-0.3, -0.25) is 4.79 Å². The maximum Gasteiger partial charge on any atom is 0.242 e. The van der Waals surface area contributed by atoms with E-state index in [0.717, 1.165) is 24.3 Å². The SMILES string of the molecule is COc1cccc(NC(=O)[C@H](C)NS(=O)(=O)c2ccc(F)cc2)c1. The summed E-state index contributed by atoms with van der Waals surface area (Å²) < 4.78 is 44.5. The van der Waals surface area contributed by atoms with Crippen molar-refractivity contribution in [3.8, 4) is 5.75 Å². The summed E-state index contributed by atoms with van der Waals surface area (Å²) in [7, 11) is -2.43. The Morgan fingerprint density at radius 2 is 1.83 bits per heavy atom. The standard InChI is InChI=1S/C16H17FN2O4S/c1-11(16(20)18-13-4-3-5-14(10-13)23-2)19-24(21,22)15-8-6-12(17)7-9-15/h3-11,19H,1-2H3,(H,18,20)/t11-/m0/s1. The van der Waals surface area contributed by atoms with E-state index >= 15 is 0 Å². The Kier molecular flexibility index (Phi) is 5.53. The second kappa shape index (κ2) is 7.41. The summed E-state index contributed by atoms with van der Waals surface area (Å²) in [5, 5.41) is 2.59. The van der Waals surface area contributed by atoms with Crippen LogP contribution in [0.5, 0.6) is 5.75 Å². The zero-order valence-corrected chi connectivity index (χ0v) is 13.9. The summed E-state index contributed by atoms with van der Waals surface area (Å²) in [5.41, 5.74) is 0.479. The van der Waals surface area contributed by atoms with Gasteiger partial charge in [-0.1, -0.05) is 6.07 Å². The Labute approximate surface area is 139 Å². The van der Waals surface area contributed by atoms with Crippen LogP contribution in [0.2, 0.25) is 0 Å². The summed E-state index contributed by atoms with van der Waals surface area (Å²) >= 11 is 0. The van der Waals surface area contributed by atoms with Crippen molar-refractivity contribution >= 4 is 21.6 Å². The fraction of sp³-hybridized carbons (Fsp3) is 0.188. The van der Waals surface area contributed by atoms with Crippen LogP contribution >= 0.6 is 0 Å². The van der Waals surface area contributed by atoms with Crippen LogP contribution in [-0.4, -0.2) is 27.5 Å². The number of anilines is 1. The quantitative estimate of drug-likeness (QED) is 0.834. The molecule has 0 bridgehead atoms. The Morgan fingerprint density at radius 3 is 2.46 bits per heavy atom. The van der Waals surface area contributed by atoms with E-state index < -0.39 is 27.8 Å². The van der Waals surface area contributed by atoms with Crippen LogP contribution in [0.15, 0.2) is 53.4 Å². The predicted molar refractivity (Wildman–Crippen MR) is 87.8 cm³/mol. The molecule has 24 heavy (non-hydrogen) atoms. The van der Waals surface area contributed by atoms with Crippen molar-refractivity contribution in [2.24, 2.45) is 0 Å². The van der Waals surface area contributed by atoms with Crippen molar-refractivity contribution in [3.63, 3.8) is 0 Å². The summed E-state index contributed by atoms with van der Waals surface area (Å²) in [6, 6.07) is 9.99. The number of carbonyl (C=O) groups excluding carboxylic acids is 1. The molecule has 0 heterocycles. The highest BCUT2D eigenvalue weighted by molar-refractivity contribution is 7.89. The van der Waals surface area contributed by atoms with Gasteiger partial charge in [0, 0.05) is 11.8 Å². The van der Waals surface area contributed by atoms with Gasteiger partial charge >= 0.3 is 0 Å². The van der Waals surface area contributed by atoms with Crippen LogP contribution < -0.4 is 14.8 Å². The molecule has 2 N–H and O–H groups in total. The zero-order chi connectivity index (χ0) is 17.7. The number of sulfonamides is 1. The Morgan fingerprint density at radius 1 is 1.17 bits per heavy atom. The van der Waals surface area contributed by atoms with Gasteiger partial charge in [-0.25, -0.2) is 12.8 Å². The van der Waals surface area contributed by atoms with Crippen molar-refractivity contribution in [2.45, 2.75) is 17.9 Å². The number of nitrogens with one attached hydrogen (secondary N) is 2. The normalized spacial score (nSPS) is 12.5. The Balaban J connectivity index is 2.06. The minimum absolute atomic E-state index is 0.120. The van der Waals surface area contributed by atoms with Crippen molar-refractivity contribution in [3.05, 3.63) is 54.3 Å². The van der Waals surface area contributed by atoms with Crippen molar-refractivity contribution in [1.82, 2.24) is 4.72 Å². The number of carbonyl (C=O) groups is 1. The van der Waals surface area contributed by atoms with Crippen molar-refractivity contribution in [2.75, 3.05) is 12.4 Å². The number of benzene rings is 2. The minimum Gasteiger partial charge on any atom is -0.497 e. The van der Waals surface area contributed by atoms with E-state index in [-0.39, 0.29) is 4.90 Å². The highest BCUT2D eigenvalue weighted by atomic mass is 32.2. The van der Waals surface area contributed by atoms with Gasteiger partial charge in [-0.2, -0.15) is 4.72 Å². The first-order valence-corrected chi connectivity index (χ1v) is 8.53. The summed E-state index contributed by atoms with van der Waals surface area (Å²) in [6.45, 7) is 1.41. The van der Waals surface area contributed by atoms with E-state index in [2.05, 4.69) is 10.0 Å². The Hall–Kier alpha value is -2.45. The summed E-state index contributed by atoms with van der Waals surface area (Å²) in [5.74, 6) is -0.515. The molecule has 0 aliphatic heterocycles. The van der Waals surface area contributed by atoms with Crippen LogP contribution in [-0.2, 0) is 14.8 Å². The number of hydrogen-bond acceptors (Lipinski definition) is 4. The number of rotatable bonds is 6. The molecule has 0 saturated carbocycles. The monoisotopic (exact) mass is 352 g/mol. The number of halogens is 1.